The van der Waals surface area contributed by atoms with Gasteiger partial charge in [0, 0.05) is 37.2 Å². The predicted molar refractivity (Wildman–Crippen MR) is 76.7 cm³/mol. The monoisotopic (exact) mass is 268 g/mol. The van der Waals surface area contributed by atoms with Crippen molar-refractivity contribution in [1.29, 1.82) is 0 Å². The molecule has 0 atom stereocenters. The SMILES string of the molecule is Nc1ccc(-c2cncn2CCCn2ccnc2)cn1. The van der Waals surface area contributed by atoms with E-state index in [1.165, 1.54) is 0 Å². The van der Waals surface area contributed by atoms with Gasteiger partial charge in [-0.3, -0.25) is 0 Å². The second-order valence-electron chi connectivity index (χ2n) is 4.60. The highest BCUT2D eigenvalue weighted by Gasteiger charge is 2.05. The molecule has 6 nitrogen and oxygen atoms in total. The first-order chi connectivity index (χ1) is 9.83. The van der Waals surface area contributed by atoms with Crippen LogP contribution in [-0.4, -0.2) is 24.1 Å². The maximum Gasteiger partial charge on any atom is 0.123 e. The number of nitrogen functional groups attached to an aromatic ring is 1. The Labute approximate surface area is 116 Å². The quantitative estimate of drug-likeness (QED) is 0.766. The minimum atomic E-state index is 0.528. The van der Waals surface area contributed by atoms with Gasteiger partial charge in [-0.05, 0) is 18.6 Å². The van der Waals surface area contributed by atoms with Crippen LogP contribution in [0, 0.1) is 0 Å². The first kappa shape index (κ1) is 12.4. The molecule has 3 aromatic heterocycles. The summed E-state index contributed by atoms with van der Waals surface area (Å²) in [6.45, 7) is 1.84. The molecule has 3 aromatic rings. The van der Waals surface area contributed by atoms with Crippen molar-refractivity contribution in [3.8, 4) is 11.3 Å². The molecule has 0 bridgehead atoms. The van der Waals surface area contributed by atoms with Crippen molar-refractivity contribution in [2.24, 2.45) is 0 Å². The minimum Gasteiger partial charge on any atom is -0.384 e. The third kappa shape index (κ3) is 2.69. The lowest BCUT2D eigenvalue weighted by Crippen LogP contribution is -2.03. The number of hydrogen-bond acceptors (Lipinski definition) is 4. The Morgan fingerprint density at radius 2 is 2.00 bits per heavy atom. The summed E-state index contributed by atoms with van der Waals surface area (Å²) >= 11 is 0. The lowest BCUT2D eigenvalue weighted by Gasteiger charge is -2.08. The van der Waals surface area contributed by atoms with Crippen molar-refractivity contribution < 1.29 is 0 Å². The van der Waals surface area contributed by atoms with Crippen molar-refractivity contribution in [3.05, 3.63) is 49.6 Å². The zero-order valence-electron chi connectivity index (χ0n) is 11.1. The second kappa shape index (κ2) is 5.56. The molecule has 20 heavy (non-hydrogen) atoms. The third-order valence-corrected chi connectivity index (χ3v) is 3.17. The van der Waals surface area contributed by atoms with Gasteiger partial charge < -0.3 is 14.9 Å². The van der Waals surface area contributed by atoms with E-state index in [4.69, 9.17) is 5.73 Å². The molecule has 0 amide bonds. The third-order valence-electron chi connectivity index (χ3n) is 3.17. The van der Waals surface area contributed by atoms with E-state index in [1.54, 1.807) is 18.5 Å². The van der Waals surface area contributed by atoms with Crippen molar-refractivity contribution in [2.75, 3.05) is 5.73 Å². The summed E-state index contributed by atoms with van der Waals surface area (Å²) in [6.07, 6.45) is 12.1. The standard InChI is InChI=1S/C14H16N6/c15-14-3-2-12(8-18-14)13-9-17-11-20(13)6-1-5-19-7-4-16-10-19/h2-4,7-11H,1,5-6H2,(H2,15,18). The van der Waals surface area contributed by atoms with Gasteiger partial charge in [-0.1, -0.05) is 0 Å². The molecule has 0 spiro atoms. The second-order valence-corrected chi connectivity index (χ2v) is 4.60. The Balaban J connectivity index is 1.68. The van der Waals surface area contributed by atoms with E-state index in [2.05, 4.69) is 24.1 Å². The van der Waals surface area contributed by atoms with E-state index in [-0.39, 0.29) is 0 Å². The van der Waals surface area contributed by atoms with Crippen LogP contribution < -0.4 is 5.73 Å². The molecule has 0 saturated heterocycles. The summed E-state index contributed by atoms with van der Waals surface area (Å²) in [5.74, 6) is 0.528. The number of nitrogens with zero attached hydrogens (tertiary/aromatic N) is 5. The van der Waals surface area contributed by atoms with Crippen molar-refractivity contribution in [2.45, 2.75) is 19.5 Å². The summed E-state index contributed by atoms with van der Waals surface area (Å²) in [4.78, 5) is 12.4. The van der Waals surface area contributed by atoms with E-state index in [0.29, 0.717) is 5.82 Å². The molecule has 3 rings (SSSR count). The molecule has 0 aliphatic heterocycles. The number of imidazole rings is 2. The maximum absolute atomic E-state index is 5.61. The van der Waals surface area contributed by atoms with Crippen molar-refractivity contribution >= 4 is 5.82 Å². The van der Waals surface area contributed by atoms with E-state index in [0.717, 1.165) is 30.8 Å². The van der Waals surface area contributed by atoms with Crippen LogP contribution in [0.4, 0.5) is 5.82 Å². The van der Waals surface area contributed by atoms with E-state index >= 15 is 0 Å². The maximum atomic E-state index is 5.61. The number of anilines is 1. The van der Waals surface area contributed by atoms with Gasteiger partial charge in [0.05, 0.1) is 24.5 Å². The van der Waals surface area contributed by atoms with Gasteiger partial charge in [0.2, 0.25) is 0 Å². The molecule has 2 N–H and O–H groups in total. The average molecular weight is 268 g/mol. The Kier molecular flexibility index (Phi) is 3.45. The van der Waals surface area contributed by atoms with Crippen LogP contribution in [0.25, 0.3) is 11.3 Å². The molecular formula is C14H16N6. The van der Waals surface area contributed by atoms with E-state index in [9.17, 15) is 0 Å². The molecule has 0 aromatic carbocycles. The molecule has 6 heteroatoms. The van der Waals surface area contributed by atoms with Gasteiger partial charge >= 0.3 is 0 Å². The fraction of sp³-hybridized carbons (Fsp3) is 0.214. The Hall–Kier alpha value is -2.63. The highest BCUT2D eigenvalue weighted by Crippen LogP contribution is 2.19. The fourth-order valence-electron chi connectivity index (χ4n) is 2.14. The summed E-state index contributed by atoms with van der Waals surface area (Å²) in [7, 11) is 0. The number of pyridine rings is 1. The van der Waals surface area contributed by atoms with Crippen LogP contribution in [-0.2, 0) is 13.1 Å². The Bertz CT molecular complexity index is 653. The van der Waals surface area contributed by atoms with Crippen LogP contribution in [0.2, 0.25) is 0 Å². The number of aromatic nitrogens is 5. The lowest BCUT2D eigenvalue weighted by atomic mass is 10.2. The topological polar surface area (TPSA) is 74.5 Å². The molecule has 0 radical (unpaired) electrons. The van der Waals surface area contributed by atoms with Gasteiger partial charge in [-0.2, -0.15) is 0 Å². The van der Waals surface area contributed by atoms with Gasteiger partial charge in [-0.25, -0.2) is 15.0 Å². The van der Waals surface area contributed by atoms with E-state index < -0.39 is 0 Å². The normalized spacial score (nSPS) is 10.8. The van der Waals surface area contributed by atoms with Crippen LogP contribution in [0.15, 0.2) is 49.6 Å². The van der Waals surface area contributed by atoms with Crippen LogP contribution in [0.5, 0.6) is 0 Å². The molecular weight excluding hydrogens is 252 g/mol. The predicted octanol–water partition coefficient (Wildman–Crippen LogP) is 1.81. The number of rotatable bonds is 5. The zero-order chi connectivity index (χ0) is 13.8. The summed E-state index contributed by atoms with van der Waals surface area (Å²) in [6, 6.07) is 3.77. The average Bonchev–Trinajstić information content (AvgIpc) is 3.11. The molecule has 0 aliphatic rings. The molecule has 102 valence electrons. The highest BCUT2D eigenvalue weighted by molar-refractivity contribution is 5.59. The largest absolute Gasteiger partial charge is 0.384 e. The summed E-state index contributed by atoms with van der Waals surface area (Å²) in [5.41, 5.74) is 7.70. The number of hydrogen-bond donors (Lipinski definition) is 1. The van der Waals surface area contributed by atoms with E-state index in [1.807, 2.05) is 31.1 Å². The van der Waals surface area contributed by atoms with Crippen molar-refractivity contribution in [1.82, 2.24) is 24.1 Å². The number of nitrogens with two attached hydrogens (primary N) is 1. The lowest BCUT2D eigenvalue weighted by molar-refractivity contribution is 0.566. The first-order valence-corrected chi connectivity index (χ1v) is 6.51. The zero-order valence-corrected chi connectivity index (χ0v) is 11.1. The Morgan fingerprint density at radius 1 is 1.05 bits per heavy atom. The first-order valence-electron chi connectivity index (χ1n) is 6.51. The Morgan fingerprint density at radius 3 is 2.75 bits per heavy atom. The van der Waals surface area contributed by atoms with Gasteiger partial charge in [0.1, 0.15) is 5.82 Å². The fourth-order valence-corrected chi connectivity index (χ4v) is 2.14. The molecule has 0 fully saturated rings. The summed E-state index contributed by atoms with van der Waals surface area (Å²) in [5, 5.41) is 0. The van der Waals surface area contributed by atoms with Gasteiger partial charge in [0.25, 0.3) is 0 Å². The molecule has 3 heterocycles. The minimum absolute atomic E-state index is 0.528. The van der Waals surface area contributed by atoms with Crippen LogP contribution >= 0.6 is 0 Å². The van der Waals surface area contributed by atoms with Crippen molar-refractivity contribution in [3.63, 3.8) is 0 Å². The van der Waals surface area contributed by atoms with Gasteiger partial charge in [0.15, 0.2) is 0 Å². The van der Waals surface area contributed by atoms with Crippen LogP contribution in [0.1, 0.15) is 6.42 Å². The smallest absolute Gasteiger partial charge is 0.123 e. The molecule has 0 unspecified atom stereocenters. The number of aryl methyl sites for hydroxylation is 2. The summed E-state index contributed by atoms with van der Waals surface area (Å²) < 4.78 is 4.20. The molecule has 0 aliphatic carbocycles. The van der Waals surface area contributed by atoms with Crippen LogP contribution in [0.3, 0.4) is 0 Å². The molecule has 0 saturated carbocycles. The highest BCUT2D eigenvalue weighted by atomic mass is 15.1. The van der Waals surface area contributed by atoms with Gasteiger partial charge in [-0.15, -0.1) is 0 Å².